The number of rotatable bonds is 8. The molecule has 2 unspecified atom stereocenters. The number of carbonyl (C=O) groups is 2. The maximum atomic E-state index is 12.1. The third-order valence-electron chi connectivity index (χ3n) is 4.86. The van der Waals surface area contributed by atoms with Crippen molar-refractivity contribution < 1.29 is 19.1 Å². The van der Waals surface area contributed by atoms with Gasteiger partial charge in [-0.15, -0.1) is 0 Å². The summed E-state index contributed by atoms with van der Waals surface area (Å²) in [6, 6.07) is 7.11. The molecular formula is C19H25ClN2O4. The average Bonchev–Trinajstić information content (AvgIpc) is 3.33. The van der Waals surface area contributed by atoms with Gasteiger partial charge in [0.2, 0.25) is 5.91 Å². The van der Waals surface area contributed by atoms with Gasteiger partial charge in [0.15, 0.2) is 6.61 Å². The summed E-state index contributed by atoms with van der Waals surface area (Å²) in [4.78, 5) is 24.1. The molecule has 2 amide bonds. The van der Waals surface area contributed by atoms with Gasteiger partial charge in [-0.1, -0.05) is 11.6 Å². The van der Waals surface area contributed by atoms with Crippen LogP contribution in [0.1, 0.15) is 26.7 Å². The highest BCUT2D eigenvalue weighted by atomic mass is 35.5. The molecule has 7 heteroatoms. The summed E-state index contributed by atoms with van der Waals surface area (Å²) < 4.78 is 10.8. The maximum absolute atomic E-state index is 12.1. The monoisotopic (exact) mass is 380 g/mol. The second-order valence-electron chi connectivity index (χ2n) is 7.25. The van der Waals surface area contributed by atoms with E-state index in [1.165, 1.54) is 0 Å². The molecule has 6 nitrogen and oxygen atoms in total. The fourth-order valence-corrected chi connectivity index (χ4v) is 3.66. The summed E-state index contributed by atoms with van der Waals surface area (Å²) >= 11 is 5.82. The summed E-state index contributed by atoms with van der Waals surface area (Å²) in [5, 5.41) is 6.69. The minimum atomic E-state index is -0.147. The molecule has 0 aromatic heterocycles. The first-order valence-corrected chi connectivity index (χ1v) is 9.39. The number of nitrogens with one attached hydrogen (secondary N) is 2. The summed E-state index contributed by atoms with van der Waals surface area (Å²) in [7, 11) is 0. The number of benzene rings is 1. The molecule has 2 aliphatic carbocycles. The van der Waals surface area contributed by atoms with Gasteiger partial charge in [0.25, 0.3) is 5.91 Å². The molecule has 0 heterocycles. The number of hydrogen-bond donors (Lipinski definition) is 2. The van der Waals surface area contributed by atoms with Crippen LogP contribution in [0.2, 0.25) is 5.02 Å². The summed E-state index contributed by atoms with van der Waals surface area (Å²) in [6.07, 6.45) is 1.83. The molecule has 142 valence electrons. The van der Waals surface area contributed by atoms with Crippen LogP contribution in [0.25, 0.3) is 0 Å². The summed E-state index contributed by atoms with van der Waals surface area (Å²) in [6.45, 7) is 3.85. The zero-order valence-electron chi connectivity index (χ0n) is 15.0. The first-order valence-electron chi connectivity index (χ1n) is 9.01. The fraction of sp³-hybridized carbons (Fsp3) is 0.579. The van der Waals surface area contributed by atoms with Crippen LogP contribution in [0, 0.1) is 11.8 Å². The van der Waals surface area contributed by atoms with Crippen molar-refractivity contribution in [2.75, 3.05) is 13.2 Å². The Labute approximate surface area is 158 Å². The Morgan fingerprint density at radius 2 is 1.62 bits per heavy atom. The van der Waals surface area contributed by atoms with Crippen molar-refractivity contribution in [3.8, 4) is 5.75 Å². The van der Waals surface area contributed by atoms with Crippen molar-refractivity contribution in [2.24, 2.45) is 11.8 Å². The topological polar surface area (TPSA) is 76.7 Å². The lowest BCUT2D eigenvalue weighted by Gasteiger charge is -2.19. The molecule has 2 N–H and O–H groups in total. The molecule has 1 aromatic carbocycles. The molecule has 26 heavy (non-hydrogen) atoms. The molecule has 1 aromatic rings. The standard InChI is InChI=1S/C19H25ClN2O4/c1-11(2)25-9-18(23)21-16-8-17(15-7-14(15)16)22-19(24)10-26-13-5-3-12(20)4-6-13/h3-6,11,14-17H,7-10H2,1-2H3,(H,21,23)(H,22,24)/t14?,15?,16-,17+/m0/s1. The van der Waals surface area contributed by atoms with E-state index < -0.39 is 0 Å². The van der Waals surface area contributed by atoms with Crippen LogP contribution in [0.5, 0.6) is 5.75 Å². The number of amides is 2. The van der Waals surface area contributed by atoms with Gasteiger partial charge in [0.1, 0.15) is 12.4 Å². The van der Waals surface area contributed by atoms with Crippen molar-refractivity contribution in [1.82, 2.24) is 10.6 Å². The predicted molar refractivity (Wildman–Crippen MR) is 98.1 cm³/mol. The number of halogens is 1. The van der Waals surface area contributed by atoms with Crippen molar-refractivity contribution in [1.29, 1.82) is 0 Å². The van der Waals surface area contributed by atoms with Crippen molar-refractivity contribution in [2.45, 2.75) is 44.9 Å². The van der Waals surface area contributed by atoms with Gasteiger partial charge < -0.3 is 20.1 Å². The molecule has 2 aliphatic rings. The first kappa shape index (κ1) is 19.0. The normalized spacial score (nSPS) is 26.3. The number of carbonyl (C=O) groups excluding carboxylic acids is 2. The van der Waals surface area contributed by atoms with Crippen LogP contribution in [0.4, 0.5) is 0 Å². The molecular weight excluding hydrogens is 356 g/mol. The Kier molecular flexibility index (Phi) is 6.04. The highest BCUT2D eigenvalue weighted by Gasteiger charge is 2.55. The number of hydrogen-bond acceptors (Lipinski definition) is 4. The molecule has 0 radical (unpaired) electrons. The molecule has 0 saturated heterocycles. The van der Waals surface area contributed by atoms with E-state index in [9.17, 15) is 9.59 Å². The molecule has 4 atom stereocenters. The second kappa shape index (κ2) is 8.27. The van der Waals surface area contributed by atoms with Gasteiger partial charge >= 0.3 is 0 Å². The average molecular weight is 381 g/mol. The van der Waals surface area contributed by atoms with E-state index in [2.05, 4.69) is 10.6 Å². The molecule has 0 spiro atoms. The van der Waals surface area contributed by atoms with Crippen LogP contribution >= 0.6 is 11.6 Å². The Balaban J connectivity index is 1.40. The van der Waals surface area contributed by atoms with E-state index in [0.29, 0.717) is 22.6 Å². The van der Waals surface area contributed by atoms with E-state index in [0.717, 1.165) is 12.8 Å². The molecule has 0 aliphatic heterocycles. The van der Waals surface area contributed by atoms with E-state index >= 15 is 0 Å². The van der Waals surface area contributed by atoms with Gasteiger partial charge in [-0.05, 0) is 62.8 Å². The lowest BCUT2D eigenvalue weighted by Crippen LogP contribution is -2.42. The zero-order valence-corrected chi connectivity index (χ0v) is 15.8. The lowest BCUT2D eigenvalue weighted by molar-refractivity contribution is -0.127. The van der Waals surface area contributed by atoms with E-state index in [1.807, 2.05) is 13.8 Å². The molecule has 2 saturated carbocycles. The van der Waals surface area contributed by atoms with Crippen LogP contribution in [-0.2, 0) is 14.3 Å². The van der Waals surface area contributed by atoms with Gasteiger partial charge in [0, 0.05) is 17.1 Å². The Morgan fingerprint density at radius 3 is 2.19 bits per heavy atom. The summed E-state index contributed by atoms with van der Waals surface area (Å²) in [5.74, 6) is 1.28. The number of fused-ring (bicyclic) bond motifs is 1. The van der Waals surface area contributed by atoms with Crippen LogP contribution in [-0.4, -0.2) is 43.2 Å². The van der Waals surface area contributed by atoms with Crippen LogP contribution in [0.3, 0.4) is 0 Å². The minimum Gasteiger partial charge on any atom is -0.484 e. The van der Waals surface area contributed by atoms with Gasteiger partial charge in [-0.2, -0.15) is 0 Å². The smallest absolute Gasteiger partial charge is 0.258 e. The third kappa shape index (κ3) is 5.11. The quantitative estimate of drug-likeness (QED) is 0.724. The summed E-state index contributed by atoms with van der Waals surface area (Å²) in [5.41, 5.74) is 0. The van der Waals surface area contributed by atoms with Crippen molar-refractivity contribution in [3.05, 3.63) is 29.3 Å². The lowest BCUT2D eigenvalue weighted by atomic mass is 10.1. The Hall–Kier alpha value is -1.79. The second-order valence-corrected chi connectivity index (χ2v) is 7.69. The Bertz CT molecular complexity index is 649. The van der Waals surface area contributed by atoms with Gasteiger partial charge in [0.05, 0.1) is 6.10 Å². The van der Waals surface area contributed by atoms with E-state index in [4.69, 9.17) is 21.1 Å². The van der Waals surface area contributed by atoms with Gasteiger partial charge in [-0.3, -0.25) is 9.59 Å². The SMILES string of the molecule is CC(C)OCC(=O)N[C@H]1C[C@@H](NC(=O)COc2ccc(Cl)cc2)C2CC21. The molecule has 3 rings (SSSR count). The predicted octanol–water partition coefficient (Wildman–Crippen LogP) is 2.15. The minimum absolute atomic E-state index is 0.0330. The Morgan fingerprint density at radius 1 is 1.04 bits per heavy atom. The number of ether oxygens (including phenoxy) is 2. The van der Waals surface area contributed by atoms with E-state index in [-0.39, 0.29) is 43.2 Å². The highest BCUT2D eigenvalue weighted by molar-refractivity contribution is 6.30. The molecule has 0 bridgehead atoms. The van der Waals surface area contributed by atoms with E-state index in [1.54, 1.807) is 24.3 Å². The largest absolute Gasteiger partial charge is 0.484 e. The maximum Gasteiger partial charge on any atom is 0.258 e. The van der Waals surface area contributed by atoms with Crippen molar-refractivity contribution in [3.63, 3.8) is 0 Å². The van der Waals surface area contributed by atoms with Crippen molar-refractivity contribution >= 4 is 23.4 Å². The highest BCUT2D eigenvalue weighted by Crippen LogP contribution is 2.51. The zero-order chi connectivity index (χ0) is 18.7. The first-order chi connectivity index (χ1) is 12.4. The molecule has 2 fully saturated rings. The van der Waals surface area contributed by atoms with Gasteiger partial charge in [-0.25, -0.2) is 0 Å². The van der Waals surface area contributed by atoms with Crippen LogP contribution in [0.15, 0.2) is 24.3 Å². The van der Waals surface area contributed by atoms with Crippen LogP contribution < -0.4 is 15.4 Å². The fourth-order valence-electron chi connectivity index (χ4n) is 3.54. The third-order valence-corrected chi connectivity index (χ3v) is 5.11.